The Morgan fingerprint density at radius 2 is 1.95 bits per heavy atom. The molecule has 0 aliphatic carbocycles. The van der Waals surface area contributed by atoms with Gasteiger partial charge in [0.25, 0.3) is 0 Å². The van der Waals surface area contributed by atoms with E-state index in [0.717, 1.165) is 7.11 Å². The molecule has 1 heterocycles. The molecule has 0 amide bonds. The number of ether oxygens (including phenoxy) is 4. The maximum Gasteiger partial charge on any atom is 0.337 e. The monoisotopic (exact) mass is 322 g/mol. The van der Waals surface area contributed by atoms with Gasteiger partial charge in [-0.05, 0) is 6.92 Å². The predicted molar refractivity (Wildman–Crippen MR) is 70.5 cm³/mol. The van der Waals surface area contributed by atoms with Gasteiger partial charge in [-0.1, -0.05) is 0 Å². The van der Waals surface area contributed by atoms with Crippen LogP contribution in [-0.4, -0.2) is 78.3 Å². The van der Waals surface area contributed by atoms with Crippen LogP contribution >= 0.6 is 0 Å². The molecule has 1 saturated heterocycles. The molecular weight excluding hydrogens is 300 g/mol. The van der Waals surface area contributed by atoms with E-state index in [-0.39, 0.29) is 19.4 Å². The Balaban J connectivity index is 2.77. The van der Waals surface area contributed by atoms with E-state index in [1.807, 2.05) is 0 Å². The number of carbonyl (C=O) groups excluding carboxylic acids is 2. The molecule has 1 aliphatic rings. The topological polar surface area (TPSA) is 132 Å². The lowest BCUT2D eigenvalue weighted by atomic mass is 9.99. The lowest BCUT2D eigenvalue weighted by Gasteiger charge is -2.40. The summed E-state index contributed by atoms with van der Waals surface area (Å²) >= 11 is 0. The summed E-state index contributed by atoms with van der Waals surface area (Å²) in [5.41, 5.74) is 0. The summed E-state index contributed by atoms with van der Waals surface area (Å²) in [6.07, 6.45) is -7.61. The van der Waals surface area contributed by atoms with Crippen LogP contribution in [0.2, 0.25) is 0 Å². The minimum atomic E-state index is -1.66. The predicted octanol–water partition coefficient (Wildman–Crippen LogP) is -1.67. The molecule has 0 unspecified atom stereocenters. The first kappa shape index (κ1) is 18.9. The van der Waals surface area contributed by atoms with E-state index < -0.39 is 43.0 Å². The molecule has 0 radical (unpaired) electrons. The van der Waals surface area contributed by atoms with Crippen molar-refractivity contribution in [2.24, 2.45) is 0 Å². The van der Waals surface area contributed by atoms with Gasteiger partial charge in [-0.15, -0.1) is 0 Å². The van der Waals surface area contributed by atoms with Crippen molar-refractivity contribution in [3.05, 3.63) is 0 Å². The fourth-order valence-electron chi connectivity index (χ4n) is 2.00. The number of aldehydes is 1. The molecule has 0 aromatic rings. The number of carbonyl (C=O) groups is 2. The van der Waals surface area contributed by atoms with Crippen LogP contribution < -0.4 is 0 Å². The number of aliphatic hydroxyl groups excluding tert-OH is 3. The Hall–Kier alpha value is -1.10. The molecule has 128 valence electrons. The van der Waals surface area contributed by atoms with E-state index in [1.165, 1.54) is 0 Å². The van der Waals surface area contributed by atoms with Crippen LogP contribution in [0.15, 0.2) is 0 Å². The molecule has 0 aromatic heterocycles. The van der Waals surface area contributed by atoms with Crippen LogP contribution in [0.3, 0.4) is 0 Å². The van der Waals surface area contributed by atoms with Gasteiger partial charge in [0.2, 0.25) is 0 Å². The van der Waals surface area contributed by atoms with Crippen LogP contribution in [-0.2, 0) is 28.5 Å². The maximum absolute atomic E-state index is 11.5. The van der Waals surface area contributed by atoms with E-state index in [0.29, 0.717) is 6.29 Å². The van der Waals surface area contributed by atoms with Gasteiger partial charge in [0.05, 0.1) is 7.11 Å². The molecule has 6 atom stereocenters. The Kier molecular flexibility index (Phi) is 7.87. The molecule has 9 heteroatoms. The van der Waals surface area contributed by atoms with E-state index >= 15 is 0 Å². The molecule has 0 saturated carbocycles. The van der Waals surface area contributed by atoms with Crippen molar-refractivity contribution in [1.82, 2.24) is 0 Å². The Morgan fingerprint density at radius 1 is 1.27 bits per heavy atom. The lowest BCUT2D eigenvalue weighted by molar-refractivity contribution is -0.331. The number of hydrogen-bond donors (Lipinski definition) is 3. The van der Waals surface area contributed by atoms with Gasteiger partial charge in [-0.2, -0.15) is 0 Å². The third kappa shape index (κ3) is 4.70. The van der Waals surface area contributed by atoms with Gasteiger partial charge in [0.1, 0.15) is 24.6 Å². The van der Waals surface area contributed by atoms with E-state index in [9.17, 15) is 24.9 Å². The molecule has 0 bridgehead atoms. The fraction of sp³-hybridized carbons (Fsp3) is 0.846. The molecule has 1 fully saturated rings. The smallest absolute Gasteiger partial charge is 0.337 e. The van der Waals surface area contributed by atoms with Crippen LogP contribution in [0, 0.1) is 0 Å². The number of methoxy groups -OCH3 is 1. The first-order valence-electron chi connectivity index (χ1n) is 6.94. The SMILES string of the molecule is CCO[C@@H](CCC=O)O[C@@H]1O[C@H](C(=O)OC)[C@@H](O)[C@H](O)[C@H]1O. The van der Waals surface area contributed by atoms with Gasteiger partial charge in [-0.3, -0.25) is 0 Å². The Bertz CT molecular complexity index is 361. The number of rotatable bonds is 8. The van der Waals surface area contributed by atoms with Crippen LogP contribution in [0.1, 0.15) is 19.8 Å². The quantitative estimate of drug-likeness (QED) is 0.272. The fourth-order valence-corrected chi connectivity index (χ4v) is 2.00. The molecular formula is C13H22O9. The average molecular weight is 322 g/mol. The zero-order valence-electron chi connectivity index (χ0n) is 12.5. The first-order valence-corrected chi connectivity index (χ1v) is 6.94. The average Bonchev–Trinajstić information content (AvgIpc) is 2.52. The molecule has 22 heavy (non-hydrogen) atoms. The summed E-state index contributed by atoms with van der Waals surface area (Å²) < 4.78 is 20.2. The largest absolute Gasteiger partial charge is 0.467 e. The van der Waals surface area contributed by atoms with Crippen molar-refractivity contribution >= 4 is 12.3 Å². The van der Waals surface area contributed by atoms with Gasteiger partial charge in [-0.25, -0.2) is 4.79 Å². The Morgan fingerprint density at radius 3 is 2.50 bits per heavy atom. The van der Waals surface area contributed by atoms with E-state index in [4.69, 9.17) is 14.2 Å². The maximum atomic E-state index is 11.5. The molecule has 1 rings (SSSR count). The van der Waals surface area contributed by atoms with Crippen molar-refractivity contribution in [2.75, 3.05) is 13.7 Å². The zero-order chi connectivity index (χ0) is 16.7. The second-order valence-electron chi connectivity index (χ2n) is 4.69. The van der Waals surface area contributed by atoms with Crippen molar-refractivity contribution in [2.45, 2.75) is 56.8 Å². The number of hydrogen-bond acceptors (Lipinski definition) is 9. The van der Waals surface area contributed by atoms with Crippen molar-refractivity contribution in [3.63, 3.8) is 0 Å². The second-order valence-corrected chi connectivity index (χ2v) is 4.69. The highest BCUT2D eigenvalue weighted by molar-refractivity contribution is 5.75. The minimum Gasteiger partial charge on any atom is -0.467 e. The highest BCUT2D eigenvalue weighted by atomic mass is 16.8. The minimum absolute atomic E-state index is 0.166. The van der Waals surface area contributed by atoms with E-state index in [2.05, 4.69) is 4.74 Å². The van der Waals surface area contributed by atoms with Crippen LogP contribution in [0.5, 0.6) is 0 Å². The molecule has 3 N–H and O–H groups in total. The zero-order valence-corrected chi connectivity index (χ0v) is 12.5. The van der Waals surface area contributed by atoms with Gasteiger partial charge in [0, 0.05) is 19.4 Å². The summed E-state index contributed by atoms with van der Waals surface area (Å²) in [6, 6.07) is 0. The standard InChI is InChI=1S/C13H22O9/c1-3-20-7(5-4-6-14)21-13-10(17)8(15)9(16)11(22-13)12(18)19-2/h6-11,13,15-17H,3-5H2,1-2H3/t7-,8+,9+,10-,11+,13-/m1/s1. The molecule has 0 aromatic carbocycles. The van der Waals surface area contributed by atoms with Crippen LogP contribution in [0.4, 0.5) is 0 Å². The third-order valence-corrected chi connectivity index (χ3v) is 3.16. The normalized spacial score (nSPS) is 33.2. The molecule has 0 spiro atoms. The molecule has 9 nitrogen and oxygen atoms in total. The summed E-state index contributed by atoms with van der Waals surface area (Å²) in [5, 5.41) is 29.4. The van der Waals surface area contributed by atoms with Crippen molar-refractivity contribution < 1.29 is 43.9 Å². The highest BCUT2D eigenvalue weighted by Gasteiger charge is 2.48. The second kappa shape index (κ2) is 9.13. The highest BCUT2D eigenvalue weighted by Crippen LogP contribution is 2.24. The van der Waals surface area contributed by atoms with Gasteiger partial charge in [0.15, 0.2) is 18.7 Å². The summed E-state index contributed by atoms with van der Waals surface area (Å²) in [7, 11) is 1.10. The Labute approximate surface area is 127 Å². The molecule has 1 aliphatic heterocycles. The van der Waals surface area contributed by atoms with E-state index in [1.54, 1.807) is 6.92 Å². The number of esters is 1. The van der Waals surface area contributed by atoms with Gasteiger partial charge >= 0.3 is 5.97 Å². The third-order valence-electron chi connectivity index (χ3n) is 3.16. The summed E-state index contributed by atoms with van der Waals surface area (Å²) in [5.74, 6) is -0.909. The van der Waals surface area contributed by atoms with Crippen LogP contribution in [0.25, 0.3) is 0 Å². The van der Waals surface area contributed by atoms with Gasteiger partial charge < -0.3 is 39.1 Å². The number of aliphatic hydroxyl groups is 3. The first-order chi connectivity index (χ1) is 10.5. The lowest BCUT2D eigenvalue weighted by Crippen LogP contribution is -2.61. The van der Waals surface area contributed by atoms with Crippen molar-refractivity contribution in [3.8, 4) is 0 Å². The summed E-state index contributed by atoms with van der Waals surface area (Å²) in [6.45, 7) is 2.00. The van der Waals surface area contributed by atoms with Crippen molar-refractivity contribution in [1.29, 1.82) is 0 Å². The summed E-state index contributed by atoms with van der Waals surface area (Å²) in [4.78, 5) is 21.9.